The second-order valence-electron chi connectivity index (χ2n) is 6.60. The number of nitrogens with one attached hydrogen (secondary N) is 1. The van der Waals surface area contributed by atoms with Crippen molar-refractivity contribution in [3.8, 4) is 11.5 Å². The van der Waals surface area contributed by atoms with E-state index in [0.29, 0.717) is 25.4 Å². The van der Waals surface area contributed by atoms with Gasteiger partial charge in [0.15, 0.2) is 11.5 Å². The van der Waals surface area contributed by atoms with Gasteiger partial charge in [-0.3, -0.25) is 4.79 Å². The molecule has 1 amide bonds. The van der Waals surface area contributed by atoms with Crippen LogP contribution in [-0.4, -0.2) is 43.0 Å². The number of aromatic nitrogens is 2. The van der Waals surface area contributed by atoms with Crippen LogP contribution < -0.4 is 25.8 Å². The lowest BCUT2D eigenvalue weighted by Gasteiger charge is -2.12. The molecule has 3 aromatic rings. The van der Waals surface area contributed by atoms with E-state index in [1.54, 1.807) is 7.11 Å². The second kappa shape index (κ2) is 10.8. The number of nitrogen functional groups attached to an aromatic ring is 1. The van der Waals surface area contributed by atoms with Crippen LogP contribution >= 0.6 is 0 Å². The largest absolute Gasteiger partial charge is 0.493 e. The third-order valence-corrected chi connectivity index (χ3v) is 4.46. The van der Waals surface area contributed by atoms with Crippen molar-refractivity contribution in [1.29, 1.82) is 0 Å². The molecule has 5 N–H and O–H groups in total. The van der Waals surface area contributed by atoms with E-state index in [9.17, 15) is 4.79 Å². The number of amides is 1. The van der Waals surface area contributed by atoms with E-state index in [0.717, 1.165) is 24.3 Å². The molecular weight excluding hydrogens is 386 g/mol. The molecule has 0 fully saturated rings. The number of methoxy groups -OCH3 is 1. The fraction of sp³-hybridized carbons (Fsp3) is 0.286. The maximum atomic E-state index is 11.9. The monoisotopic (exact) mass is 412 g/mol. The Hall–Kier alpha value is -3.59. The predicted octanol–water partition coefficient (Wildman–Crippen LogP) is 0.775. The van der Waals surface area contributed by atoms with E-state index in [4.69, 9.17) is 15.2 Å². The number of anilines is 1. The van der Waals surface area contributed by atoms with Crippen molar-refractivity contribution in [2.75, 3.05) is 32.5 Å². The fourth-order valence-corrected chi connectivity index (χ4v) is 2.87. The first-order valence-corrected chi connectivity index (χ1v) is 9.69. The molecule has 9 nitrogen and oxygen atoms in total. The summed E-state index contributed by atoms with van der Waals surface area (Å²) in [5, 5.41) is 11.7. The number of nitrogens with two attached hydrogens (primary N) is 2. The zero-order chi connectivity index (χ0) is 21.2. The first-order valence-electron chi connectivity index (χ1n) is 9.69. The lowest BCUT2D eigenvalue weighted by molar-refractivity contribution is -0.668. The van der Waals surface area contributed by atoms with Crippen LogP contribution in [0.2, 0.25) is 0 Å². The van der Waals surface area contributed by atoms with Gasteiger partial charge < -0.3 is 25.8 Å². The smallest absolute Gasteiger partial charge is 0.277 e. The molecule has 30 heavy (non-hydrogen) atoms. The summed E-state index contributed by atoms with van der Waals surface area (Å²) in [4.78, 5) is 11.9. The first kappa shape index (κ1) is 21.1. The summed E-state index contributed by atoms with van der Waals surface area (Å²) in [7, 11) is 1.63. The minimum atomic E-state index is -0.402. The van der Waals surface area contributed by atoms with E-state index in [2.05, 4.69) is 37.7 Å². The average molecular weight is 412 g/mol. The molecule has 158 valence electrons. The van der Waals surface area contributed by atoms with Crippen LogP contribution in [0.15, 0.2) is 53.2 Å². The molecule has 0 unspecified atom stereocenters. The van der Waals surface area contributed by atoms with Gasteiger partial charge in [-0.15, -0.1) is 0 Å². The maximum absolute atomic E-state index is 11.9. The standard InChI is InChI=1S/C21H25N5O4/c1-28-18-13-16(7-8-17(18)29-12-9-15-5-3-2-4-6-15)14-23-10-11-24-21(27)19-20(22)26-30-25-19/h2-8,13,23H,9-12,14H2,1H3,(H2,22,26)(H,24,27)/p+1. The molecule has 3 rings (SSSR count). The van der Waals surface area contributed by atoms with Crippen molar-refractivity contribution in [2.45, 2.75) is 13.0 Å². The van der Waals surface area contributed by atoms with E-state index in [1.807, 2.05) is 36.4 Å². The zero-order valence-electron chi connectivity index (χ0n) is 16.8. The molecule has 0 aliphatic heterocycles. The van der Waals surface area contributed by atoms with E-state index in [1.165, 1.54) is 5.56 Å². The molecule has 0 atom stereocenters. The zero-order valence-corrected chi connectivity index (χ0v) is 16.8. The molecule has 1 aromatic heterocycles. The van der Waals surface area contributed by atoms with Gasteiger partial charge in [-0.05, 0) is 34.1 Å². The van der Waals surface area contributed by atoms with Gasteiger partial charge in [0.25, 0.3) is 5.91 Å². The normalized spacial score (nSPS) is 10.6. The summed E-state index contributed by atoms with van der Waals surface area (Å²) in [6, 6.07) is 16.1. The van der Waals surface area contributed by atoms with Gasteiger partial charge in [-0.25, -0.2) is 4.63 Å². The minimum Gasteiger partial charge on any atom is -0.493 e. The number of hydrogen-bond donors (Lipinski definition) is 3. The SMILES string of the molecule is COc1cc(C[NH2+]CCNC(=O)c2nonc2N)ccc1OCCc1ccccc1. The summed E-state index contributed by atoms with van der Waals surface area (Å²) in [6.07, 6.45) is 0.835. The number of ether oxygens (including phenoxy) is 2. The van der Waals surface area contributed by atoms with Crippen LogP contribution in [0.25, 0.3) is 0 Å². The topological polar surface area (TPSA) is 129 Å². The predicted molar refractivity (Wildman–Crippen MR) is 110 cm³/mol. The number of nitrogens with zero attached hydrogens (tertiary/aromatic N) is 2. The van der Waals surface area contributed by atoms with Crippen LogP contribution in [0.1, 0.15) is 21.6 Å². The second-order valence-corrected chi connectivity index (χ2v) is 6.60. The minimum absolute atomic E-state index is 0.00240. The number of benzene rings is 2. The molecule has 9 heteroatoms. The van der Waals surface area contributed by atoms with Crippen LogP contribution in [0.3, 0.4) is 0 Å². The van der Waals surface area contributed by atoms with Gasteiger partial charge in [0, 0.05) is 12.0 Å². The summed E-state index contributed by atoms with van der Waals surface area (Å²) in [5.74, 6) is 1.01. The Morgan fingerprint density at radius 1 is 1.13 bits per heavy atom. The van der Waals surface area contributed by atoms with Gasteiger partial charge >= 0.3 is 0 Å². The molecular formula is C21H26N5O4+. The van der Waals surface area contributed by atoms with Gasteiger partial charge in [0.1, 0.15) is 6.54 Å². The molecule has 0 spiro atoms. The lowest BCUT2D eigenvalue weighted by atomic mass is 10.1. The Bertz CT molecular complexity index is 946. The molecule has 2 aromatic carbocycles. The van der Waals surface area contributed by atoms with Crippen molar-refractivity contribution in [3.63, 3.8) is 0 Å². The van der Waals surface area contributed by atoms with E-state index < -0.39 is 5.91 Å². The summed E-state index contributed by atoms with van der Waals surface area (Å²) in [5.41, 5.74) is 7.82. The van der Waals surface area contributed by atoms with E-state index >= 15 is 0 Å². The Kier molecular flexibility index (Phi) is 7.62. The molecule has 0 radical (unpaired) electrons. The molecule has 0 aliphatic carbocycles. The molecule has 0 bridgehead atoms. The van der Waals surface area contributed by atoms with Crippen molar-refractivity contribution >= 4 is 11.7 Å². The molecule has 1 heterocycles. The van der Waals surface area contributed by atoms with Crippen LogP contribution in [0.5, 0.6) is 11.5 Å². The van der Waals surface area contributed by atoms with Gasteiger partial charge in [0.2, 0.25) is 11.5 Å². The summed E-state index contributed by atoms with van der Waals surface area (Å²) >= 11 is 0. The van der Waals surface area contributed by atoms with E-state index in [-0.39, 0.29) is 11.5 Å². The fourth-order valence-electron chi connectivity index (χ4n) is 2.87. The quantitative estimate of drug-likeness (QED) is 0.397. The number of carbonyl (C=O) groups is 1. The average Bonchev–Trinajstić information content (AvgIpc) is 3.20. The Labute approximate surface area is 174 Å². The van der Waals surface area contributed by atoms with Crippen LogP contribution in [0.4, 0.5) is 5.82 Å². The van der Waals surface area contributed by atoms with Crippen LogP contribution in [0, 0.1) is 0 Å². The summed E-state index contributed by atoms with van der Waals surface area (Å²) < 4.78 is 15.8. The summed E-state index contributed by atoms with van der Waals surface area (Å²) in [6.45, 7) is 2.47. The molecule has 0 saturated carbocycles. The number of hydrogen-bond acceptors (Lipinski definition) is 7. The van der Waals surface area contributed by atoms with Gasteiger partial charge in [0.05, 0.1) is 26.8 Å². The third-order valence-electron chi connectivity index (χ3n) is 4.46. The Balaban J connectivity index is 1.40. The number of rotatable bonds is 11. The Morgan fingerprint density at radius 2 is 1.97 bits per heavy atom. The highest BCUT2D eigenvalue weighted by atomic mass is 16.6. The molecule has 0 saturated heterocycles. The van der Waals surface area contributed by atoms with Crippen molar-refractivity contribution in [3.05, 3.63) is 65.4 Å². The van der Waals surface area contributed by atoms with Crippen LogP contribution in [-0.2, 0) is 13.0 Å². The maximum Gasteiger partial charge on any atom is 0.277 e. The Morgan fingerprint density at radius 3 is 2.70 bits per heavy atom. The molecule has 0 aliphatic rings. The highest BCUT2D eigenvalue weighted by Gasteiger charge is 2.15. The van der Waals surface area contributed by atoms with Gasteiger partial charge in [-0.1, -0.05) is 30.3 Å². The third kappa shape index (κ3) is 5.95. The highest BCUT2D eigenvalue weighted by molar-refractivity contribution is 5.95. The number of quaternary nitrogens is 1. The van der Waals surface area contributed by atoms with Crippen molar-refractivity contribution in [1.82, 2.24) is 15.6 Å². The van der Waals surface area contributed by atoms with Crippen molar-refractivity contribution in [2.24, 2.45) is 0 Å². The highest BCUT2D eigenvalue weighted by Crippen LogP contribution is 2.28. The first-order chi connectivity index (χ1) is 14.7. The number of carbonyl (C=O) groups excluding carboxylic acids is 1. The lowest BCUT2D eigenvalue weighted by Crippen LogP contribution is -2.84. The van der Waals surface area contributed by atoms with Gasteiger partial charge in [-0.2, -0.15) is 0 Å². The van der Waals surface area contributed by atoms with Crippen molar-refractivity contribution < 1.29 is 24.2 Å².